The molecule has 0 aliphatic rings. The van der Waals surface area contributed by atoms with Gasteiger partial charge < -0.3 is 15.4 Å². The van der Waals surface area contributed by atoms with E-state index in [0.29, 0.717) is 19.0 Å². The Kier molecular flexibility index (Phi) is 7.10. The molecule has 5 nitrogen and oxygen atoms in total. The van der Waals surface area contributed by atoms with Gasteiger partial charge in [0.05, 0.1) is 0 Å². The van der Waals surface area contributed by atoms with E-state index in [9.17, 15) is 0 Å². The van der Waals surface area contributed by atoms with Crippen molar-refractivity contribution in [2.45, 2.75) is 40.2 Å². The first-order chi connectivity index (χ1) is 8.80. The highest BCUT2D eigenvalue weighted by atomic mass is 16.5. The summed E-state index contributed by atoms with van der Waals surface area (Å²) in [7, 11) is 0. The number of anilines is 2. The molecule has 0 aliphatic heterocycles. The summed E-state index contributed by atoms with van der Waals surface area (Å²) in [5.41, 5.74) is 0. The maximum atomic E-state index is 5.35. The fourth-order valence-electron chi connectivity index (χ4n) is 1.51. The summed E-state index contributed by atoms with van der Waals surface area (Å²) < 4.78 is 5.35. The zero-order valence-electron chi connectivity index (χ0n) is 11.6. The molecule has 0 radical (unpaired) electrons. The van der Waals surface area contributed by atoms with Crippen LogP contribution in [0.1, 0.15) is 39.4 Å². The van der Waals surface area contributed by atoms with Crippen molar-refractivity contribution in [3.63, 3.8) is 0 Å². The Morgan fingerprint density at radius 3 is 2.44 bits per heavy atom. The number of nitrogens with zero attached hydrogens (tertiary/aromatic N) is 2. The summed E-state index contributed by atoms with van der Waals surface area (Å²) in [5.74, 6) is 2.43. The summed E-state index contributed by atoms with van der Waals surface area (Å²) >= 11 is 0. The van der Waals surface area contributed by atoms with Crippen LogP contribution in [0.2, 0.25) is 0 Å². The fourth-order valence-corrected chi connectivity index (χ4v) is 1.51. The number of aromatic nitrogens is 2. The Labute approximate surface area is 109 Å². The molecule has 18 heavy (non-hydrogen) atoms. The first kappa shape index (κ1) is 14.7. The highest BCUT2D eigenvalue weighted by Gasteiger charge is 2.04. The van der Waals surface area contributed by atoms with E-state index in [1.165, 1.54) is 6.42 Å². The van der Waals surface area contributed by atoms with Crippen molar-refractivity contribution in [2.24, 2.45) is 0 Å². The molecule has 0 atom stereocenters. The highest BCUT2D eigenvalue weighted by molar-refractivity contribution is 5.47. The maximum Gasteiger partial charge on any atom is 0.158 e. The first-order valence-corrected chi connectivity index (χ1v) is 6.73. The Morgan fingerprint density at radius 1 is 1.11 bits per heavy atom. The predicted octanol–water partition coefficient (Wildman–Crippen LogP) is 2.66. The van der Waals surface area contributed by atoms with Crippen molar-refractivity contribution in [3.05, 3.63) is 11.9 Å². The van der Waals surface area contributed by atoms with E-state index in [-0.39, 0.29) is 0 Å². The van der Waals surface area contributed by atoms with Gasteiger partial charge in [-0.3, -0.25) is 0 Å². The molecule has 1 heterocycles. The van der Waals surface area contributed by atoms with E-state index in [0.717, 1.165) is 31.1 Å². The Morgan fingerprint density at radius 2 is 1.83 bits per heavy atom. The fraction of sp³-hybridized carbons (Fsp3) is 0.692. The third-order valence-corrected chi connectivity index (χ3v) is 2.40. The van der Waals surface area contributed by atoms with Crippen molar-refractivity contribution < 1.29 is 4.74 Å². The van der Waals surface area contributed by atoms with Gasteiger partial charge in [0, 0.05) is 25.8 Å². The topological polar surface area (TPSA) is 59.1 Å². The van der Waals surface area contributed by atoms with Crippen LogP contribution in [0, 0.1) is 0 Å². The SMILES string of the molecule is CCCCNc1cc(NCC)nc(COCC)n1. The van der Waals surface area contributed by atoms with Crippen LogP contribution in [0.3, 0.4) is 0 Å². The second-order valence-corrected chi connectivity index (χ2v) is 4.00. The normalized spacial score (nSPS) is 10.4. The third kappa shape index (κ3) is 5.31. The number of hydrogen-bond donors (Lipinski definition) is 2. The quantitative estimate of drug-likeness (QED) is 0.662. The second kappa shape index (κ2) is 8.69. The van der Waals surface area contributed by atoms with Gasteiger partial charge >= 0.3 is 0 Å². The van der Waals surface area contributed by atoms with Gasteiger partial charge in [0.2, 0.25) is 0 Å². The van der Waals surface area contributed by atoms with E-state index >= 15 is 0 Å². The zero-order chi connectivity index (χ0) is 13.2. The van der Waals surface area contributed by atoms with Crippen LogP contribution < -0.4 is 10.6 Å². The van der Waals surface area contributed by atoms with E-state index in [4.69, 9.17) is 4.74 Å². The van der Waals surface area contributed by atoms with Gasteiger partial charge in [-0.15, -0.1) is 0 Å². The minimum Gasteiger partial charge on any atom is -0.374 e. The van der Waals surface area contributed by atoms with Crippen molar-refractivity contribution in [1.29, 1.82) is 0 Å². The largest absolute Gasteiger partial charge is 0.374 e. The van der Waals surface area contributed by atoms with Crippen molar-refractivity contribution in [2.75, 3.05) is 30.3 Å². The molecule has 0 fully saturated rings. The van der Waals surface area contributed by atoms with E-state index in [2.05, 4.69) is 34.4 Å². The number of ether oxygens (including phenoxy) is 1. The molecule has 102 valence electrons. The lowest BCUT2D eigenvalue weighted by atomic mass is 10.3. The smallest absolute Gasteiger partial charge is 0.158 e. The Hall–Kier alpha value is -1.36. The zero-order valence-corrected chi connectivity index (χ0v) is 11.6. The minimum atomic E-state index is 0.457. The summed E-state index contributed by atoms with van der Waals surface area (Å²) in [5, 5.41) is 6.52. The average molecular weight is 252 g/mol. The molecular formula is C13H24N4O. The van der Waals surface area contributed by atoms with Gasteiger partial charge in [-0.1, -0.05) is 13.3 Å². The van der Waals surface area contributed by atoms with E-state index < -0.39 is 0 Å². The molecule has 1 rings (SSSR count). The van der Waals surface area contributed by atoms with Crippen LogP contribution in [-0.4, -0.2) is 29.7 Å². The molecule has 0 spiro atoms. The number of rotatable bonds is 9. The lowest BCUT2D eigenvalue weighted by Crippen LogP contribution is -2.09. The predicted molar refractivity (Wildman–Crippen MR) is 74.9 cm³/mol. The van der Waals surface area contributed by atoms with E-state index in [1.807, 2.05) is 13.0 Å². The van der Waals surface area contributed by atoms with Crippen LogP contribution in [0.5, 0.6) is 0 Å². The molecule has 5 heteroatoms. The van der Waals surface area contributed by atoms with Crippen LogP contribution in [-0.2, 0) is 11.3 Å². The van der Waals surface area contributed by atoms with Gasteiger partial charge in [0.15, 0.2) is 5.82 Å². The van der Waals surface area contributed by atoms with E-state index in [1.54, 1.807) is 0 Å². The van der Waals surface area contributed by atoms with Gasteiger partial charge in [-0.05, 0) is 20.3 Å². The van der Waals surface area contributed by atoms with Crippen LogP contribution >= 0.6 is 0 Å². The molecule has 0 saturated heterocycles. The number of unbranched alkanes of at least 4 members (excludes halogenated alkanes) is 1. The van der Waals surface area contributed by atoms with Crippen molar-refractivity contribution in [3.8, 4) is 0 Å². The van der Waals surface area contributed by atoms with Gasteiger partial charge in [0.25, 0.3) is 0 Å². The molecule has 0 amide bonds. The first-order valence-electron chi connectivity index (χ1n) is 6.73. The van der Waals surface area contributed by atoms with Crippen molar-refractivity contribution in [1.82, 2.24) is 9.97 Å². The second-order valence-electron chi connectivity index (χ2n) is 4.00. The van der Waals surface area contributed by atoms with Crippen LogP contribution in [0.4, 0.5) is 11.6 Å². The van der Waals surface area contributed by atoms with Gasteiger partial charge in [-0.25, -0.2) is 9.97 Å². The average Bonchev–Trinajstić information content (AvgIpc) is 2.37. The lowest BCUT2D eigenvalue weighted by molar-refractivity contribution is 0.128. The van der Waals surface area contributed by atoms with Gasteiger partial charge in [0.1, 0.15) is 18.2 Å². The van der Waals surface area contributed by atoms with Crippen molar-refractivity contribution >= 4 is 11.6 Å². The Balaban J connectivity index is 2.70. The monoisotopic (exact) mass is 252 g/mol. The molecule has 1 aromatic heterocycles. The third-order valence-electron chi connectivity index (χ3n) is 2.40. The molecule has 0 aliphatic carbocycles. The molecule has 0 bridgehead atoms. The minimum absolute atomic E-state index is 0.457. The molecule has 0 aromatic carbocycles. The Bertz CT molecular complexity index is 344. The summed E-state index contributed by atoms with van der Waals surface area (Å²) in [4.78, 5) is 8.84. The molecule has 2 N–H and O–H groups in total. The molecular weight excluding hydrogens is 228 g/mol. The summed E-state index contributed by atoms with van der Waals surface area (Å²) in [6.45, 7) is 9.10. The standard InChI is InChI=1S/C13H24N4O/c1-4-7-8-15-12-9-11(14-5-2)16-13(17-12)10-18-6-3/h9H,4-8,10H2,1-3H3,(H2,14,15,16,17). The molecule has 0 saturated carbocycles. The summed E-state index contributed by atoms with van der Waals surface area (Å²) in [6.07, 6.45) is 2.31. The van der Waals surface area contributed by atoms with Crippen LogP contribution in [0.25, 0.3) is 0 Å². The van der Waals surface area contributed by atoms with Crippen LogP contribution in [0.15, 0.2) is 6.07 Å². The number of nitrogens with one attached hydrogen (secondary N) is 2. The molecule has 0 unspecified atom stereocenters. The number of hydrogen-bond acceptors (Lipinski definition) is 5. The highest BCUT2D eigenvalue weighted by Crippen LogP contribution is 2.12. The van der Waals surface area contributed by atoms with Gasteiger partial charge in [-0.2, -0.15) is 0 Å². The maximum absolute atomic E-state index is 5.35. The molecule has 1 aromatic rings. The lowest BCUT2D eigenvalue weighted by Gasteiger charge is -2.10. The summed E-state index contributed by atoms with van der Waals surface area (Å²) in [6, 6.07) is 1.94.